The fourth-order valence-corrected chi connectivity index (χ4v) is 2.16. The quantitative estimate of drug-likeness (QED) is 0.339. The van der Waals surface area contributed by atoms with Gasteiger partial charge in [-0.05, 0) is 18.3 Å². The Hall–Kier alpha value is -0.120. The Morgan fingerprint density at radius 3 is 2.00 bits per heavy atom. The van der Waals surface area contributed by atoms with Crippen molar-refractivity contribution in [3.8, 4) is 0 Å². The smallest absolute Gasteiger partial charge is 0.0853 e. The molecule has 0 aromatic carbocycles. The molecule has 0 fully saturated rings. The molecular formula is C12H26O3. The average molecular weight is 218 g/mol. The van der Waals surface area contributed by atoms with E-state index >= 15 is 0 Å². The van der Waals surface area contributed by atoms with E-state index < -0.39 is 0 Å². The molecule has 0 radical (unpaired) electrons. The second-order valence-electron chi connectivity index (χ2n) is 4.27. The minimum Gasteiger partial charge on any atom is -0.221 e. The zero-order valence-electron chi connectivity index (χ0n) is 10.4. The maximum absolute atomic E-state index is 7.94. The van der Waals surface area contributed by atoms with Crippen LogP contribution in [0.15, 0.2) is 0 Å². The second kappa shape index (κ2) is 9.13. The molecule has 0 rings (SSSR count). The molecule has 0 heterocycles. The summed E-state index contributed by atoms with van der Waals surface area (Å²) in [4.78, 5) is 4.40. The van der Waals surface area contributed by atoms with E-state index in [1.54, 1.807) is 0 Å². The van der Waals surface area contributed by atoms with Gasteiger partial charge in [-0.2, -0.15) is 0 Å². The summed E-state index contributed by atoms with van der Waals surface area (Å²) in [6.45, 7) is 7.34. The third-order valence-electron chi connectivity index (χ3n) is 3.74. The lowest BCUT2D eigenvalue weighted by Gasteiger charge is -2.30. The summed E-state index contributed by atoms with van der Waals surface area (Å²) in [5, 5.41) is 11.5. The number of hydrogen-bond donors (Lipinski definition) is 1. The van der Waals surface area contributed by atoms with Crippen LogP contribution in [-0.4, -0.2) is 11.9 Å². The summed E-state index contributed by atoms with van der Waals surface area (Å²) in [5.74, 6) is 0. The van der Waals surface area contributed by atoms with Crippen LogP contribution in [0.25, 0.3) is 0 Å². The van der Waals surface area contributed by atoms with Gasteiger partial charge in [0, 0.05) is 0 Å². The maximum Gasteiger partial charge on any atom is 0.0853 e. The molecule has 92 valence electrons. The topological polar surface area (TPSA) is 38.7 Å². The molecular weight excluding hydrogens is 192 g/mol. The van der Waals surface area contributed by atoms with E-state index in [0.717, 1.165) is 12.8 Å². The highest BCUT2D eigenvalue weighted by Gasteiger charge is 2.22. The second-order valence-corrected chi connectivity index (χ2v) is 4.27. The van der Waals surface area contributed by atoms with Crippen molar-refractivity contribution >= 4 is 0 Å². The number of unbranched alkanes of at least 4 members (excludes halogenated alkanes) is 2. The largest absolute Gasteiger partial charge is 0.221 e. The molecule has 3 heteroatoms. The summed E-state index contributed by atoms with van der Waals surface area (Å²) >= 11 is 0. The van der Waals surface area contributed by atoms with Crippen molar-refractivity contribution in [2.75, 3.05) is 6.61 Å². The Morgan fingerprint density at radius 1 is 0.933 bits per heavy atom. The van der Waals surface area contributed by atoms with E-state index in [0.29, 0.717) is 12.0 Å². The fourth-order valence-electron chi connectivity index (χ4n) is 2.16. The minimum absolute atomic E-state index is 0.480. The van der Waals surface area contributed by atoms with Crippen LogP contribution in [0, 0.1) is 5.41 Å². The molecule has 3 nitrogen and oxygen atoms in total. The van der Waals surface area contributed by atoms with Gasteiger partial charge in [0.15, 0.2) is 0 Å². The van der Waals surface area contributed by atoms with Crippen LogP contribution >= 0.6 is 0 Å². The average Bonchev–Trinajstić information content (AvgIpc) is 2.29. The third kappa shape index (κ3) is 6.13. The molecule has 0 aromatic heterocycles. The van der Waals surface area contributed by atoms with Crippen molar-refractivity contribution in [1.29, 1.82) is 0 Å². The van der Waals surface area contributed by atoms with Crippen molar-refractivity contribution < 1.29 is 15.2 Å². The summed E-state index contributed by atoms with van der Waals surface area (Å²) in [5.41, 5.74) is 0.550. The van der Waals surface area contributed by atoms with E-state index in [1.165, 1.54) is 32.1 Å². The first-order valence-electron chi connectivity index (χ1n) is 6.17. The fraction of sp³-hybridized carbons (Fsp3) is 1.00. The first-order chi connectivity index (χ1) is 7.24. The zero-order chi connectivity index (χ0) is 11.6. The van der Waals surface area contributed by atoms with Gasteiger partial charge in [0.1, 0.15) is 0 Å². The van der Waals surface area contributed by atoms with Gasteiger partial charge >= 0.3 is 0 Å². The predicted molar refractivity (Wildman–Crippen MR) is 61.4 cm³/mol. The number of rotatable bonds is 10. The molecule has 0 unspecified atom stereocenters. The van der Waals surface area contributed by atoms with E-state index in [9.17, 15) is 0 Å². The minimum atomic E-state index is 0.480. The molecule has 0 aromatic rings. The molecule has 1 N–H and O–H groups in total. The molecule has 0 atom stereocenters. The van der Waals surface area contributed by atoms with Crippen LogP contribution in [0.2, 0.25) is 0 Å². The zero-order valence-corrected chi connectivity index (χ0v) is 10.4. The Bertz CT molecular complexity index is 125. The van der Waals surface area contributed by atoms with E-state index in [2.05, 4.69) is 30.7 Å². The lowest BCUT2D eigenvalue weighted by atomic mass is 9.76. The molecule has 0 saturated carbocycles. The van der Waals surface area contributed by atoms with Crippen molar-refractivity contribution in [3.63, 3.8) is 0 Å². The molecule has 0 aliphatic heterocycles. The summed E-state index contributed by atoms with van der Waals surface area (Å²) in [7, 11) is 0. The van der Waals surface area contributed by atoms with Crippen molar-refractivity contribution in [2.45, 2.75) is 65.7 Å². The molecule has 15 heavy (non-hydrogen) atoms. The van der Waals surface area contributed by atoms with Gasteiger partial charge < -0.3 is 0 Å². The van der Waals surface area contributed by atoms with Gasteiger partial charge in [-0.15, -0.1) is 0 Å². The van der Waals surface area contributed by atoms with Gasteiger partial charge in [-0.25, -0.2) is 10.1 Å². The van der Waals surface area contributed by atoms with E-state index in [-0.39, 0.29) is 0 Å². The molecule has 0 spiro atoms. The molecule has 0 aliphatic carbocycles. The van der Waals surface area contributed by atoms with Crippen LogP contribution in [-0.2, 0) is 9.93 Å². The predicted octanol–water partition coefficient (Wildman–Crippen LogP) is 4.18. The number of hydrogen-bond acceptors (Lipinski definition) is 3. The Labute approximate surface area is 93.6 Å². The van der Waals surface area contributed by atoms with Crippen LogP contribution in [0.5, 0.6) is 0 Å². The highest BCUT2D eigenvalue weighted by molar-refractivity contribution is 4.74. The Balaban J connectivity index is 3.54. The molecule has 0 bridgehead atoms. The van der Waals surface area contributed by atoms with E-state index in [1.807, 2.05) is 0 Å². The van der Waals surface area contributed by atoms with Gasteiger partial charge in [0.05, 0.1) is 6.61 Å². The SMILES string of the molecule is CCC(CC)(CC)CCCCCOOO. The summed E-state index contributed by atoms with van der Waals surface area (Å²) < 4.78 is 0. The first-order valence-corrected chi connectivity index (χ1v) is 6.17. The van der Waals surface area contributed by atoms with Gasteiger partial charge in [0.2, 0.25) is 0 Å². The normalized spacial score (nSPS) is 12.0. The third-order valence-corrected chi connectivity index (χ3v) is 3.74. The highest BCUT2D eigenvalue weighted by Crippen LogP contribution is 2.35. The van der Waals surface area contributed by atoms with Crippen molar-refractivity contribution in [3.05, 3.63) is 0 Å². The highest BCUT2D eigenvalue weighted by atomic mass is 17.5. The molecule has 0 amide bonds. The van der Waals surface area contributed by atoms with Crippen molar-refractivity contribution in [1.82, 2.24) is 0 Å². The maximum atomic E-state index is 7.94. The lowest BCUT2D eigenvalue weighted by Crippen LogP contribution is -2.17. The van der Waals surface area contributed by atoms with Gasteiger partial charge in [0.25, 0.3) is 0 Å². The van der Waals surface area contributed by atoms with E-state index in [4.69, 9.17) is 5.26 Å². The standard InChI is InChI=1S/C12H26O3/c1-4-12(5-2,6-3)10-8-7-9-11-14-15-13/h13H,4-11H2,1-3H3. The molecule has 0 saturated heterocycles. The Morgan fingerprint density at radius 2 is 1.53 bits per heavy atom. The Kier molecular flexibility index (Phi) is 9.06. The first kappa shape index (κ1) is 14.9. The summed E-state index contributed by atoms with van der Waals surface area (Å²) in [6, 6.07) is 0. The van der Waals surface area contributed by atoms with Crippen molar-refractivity contribution in [2.24, 2.45) is 5.41 Å². The van der Waals surface area contributed by atoms with Crippen LogP contribution < -0.4 is 0 Å². The van der Waals surface area contributed by atoms with Gasteiger partial charge in [-0.3, -0.25) is 0 Å². The molecule has 0 aliphatic rings. The van der Waals surface area contributed by atoms with Crippen LogP contribution in [0.4, 0.5) is 0 Å². The monoisotopic (exact) mass is 218 g/mol. The summed E-state index contributed by atoms with van der Waals surface area (Å²) in [6.07, 6.45) is 8.46. The lowest BCUT2D eigenvalue weighted by molar-refractivity contribution is -0.490. The van der Waals surface area contributed by atoms with Gasteiger partial charge in [-0.1, -0.05) is 57.9 Å². The van der Waals surface area contributed by atoms with Crippen LogP contribution in [0.1, 0.15) is 65.7 Å². The van der Waals surface area contributed by atoms with Crippen LogP contribution in [0.3, 0.4) is 0 Å².